The van der Waals surface area contributed by atoms with Crippen LogP contribution in [0.25, 0.3) is 17.4 Å². The van der Waals surface area contributed by atoms with Crippen molar-refractivity contribution in [3.63, 3.8) is 0 Å². The van der Waals surface area contributed by atoms with Crippen LogP contribution in [0, 0.1) is 0 Å². The summed E-state index contributed by atoms with van der Waals surface area (Å²) in [6, 6.07) is 11.4. The van der Waals surface area contributed by atoms with Crippen LogP contribution in [0.3, 0.4) is 0 Å². The summed E-state index contributed by atoms with van der Waals surface area (Å²) in [7, 11) is -12.3. The number of nitrogens with zero attached hydrogens (tertiary/aromatic N) is 2. The quantitative estimate of drug-likeness (QED) is 0.0324. The van der Waals surface area contributed by atoms with E-state index in [1.807, 2.05) is 49.6 Å². The first-order valence-corrected chi connectivity index (χ1v) is 26.8. The number of allylic oxidation sites excluding steroid dienone is 3. The number of benzene rings is 2. The number of ether oxygens (including phenoxy) is 5. The van der Waals surface area contributed by atoms with E-state index in [0.717, 1.165) is 17.2 Å². The third kappa shape index (κ3) is 21.0. The van der Waals surface area contributed by atoms with Crippen molar-refractivity contribution in [2.45, 2.75) is 75.5 Å². The molecule has 0 amide bonds. The number of aliphatic carboxylic acids is 1. The minimum atomic E-state index is -4.89. The molecule has 0 radical (unpaired) electrons. The molecular weight excluding hydrogens is 995 g/mol. The summed E-state index contributed by atoms with van der Waals surface area (Å²) in [4.78, 5) is 12.9. The van der Waals surface area contributed by atoms with Crippen LogP contribution in [0.4, 0.5) is 5.69 Å². The molecule has 2 aliphatic heterocycles. The normalized spacial score (nSPS) is 16.4. The SMILES string of the molecule is COCCOCCOCCOCCOCC[N+](CCCS(=O)(=O)[O-])=c1ccc2c(C(C)(C)C)cc(/C=C/C=C3/N(CCCS(=O)(=O)[O-])c4ccc(S(=O)(=O)[O-])cc4C3(C)CCCC(=O)O)oc-2c1.[Na+].[Na+]. The Balaban J connectivity index is 0.00000840. The summed E-state index contributed by atoms with van der Waals surface area (Å²) >= 11 is 0. The van der Waals surface area contributed by atoms with Gasteiger partial charge in [-0.2, -0.15) is 0 Å². The molecule has 0 fully saturated rings. The summed E-state index contributed by atoms with van der Waals surface area (Å²) in [5.74, 6) is -1.33. The van der Waals surface area contributed by atoms with Crippen LogP contribution in [0.1, 0.15) is 76.7 Å². The van der Waals surface area contributed by atoms with E-state index in [2.05, 4.69) is 0 Å². The monoisotopic (exact) mass is 1060 g/mol. The summed E-state index contributed by atoms with van der Waals surface area (Å²) in [5, 5.41) is 10.2. The van der Waals surface area contributed by atoms with Crippen molar-refractivity contribution in [3.8, 4) is 11.3 Å². The standard InChI is InChI=1S/C46H66N2O17S3.2Na/c1-45(2,3)39-33-36(10-6-11-43-46(4,17-7-12-44(49)50)40-34-37(68(57,58)59)14-16-41(40)48(43)19-9-31-67(54,55)56)65-42-32-35(13-15-38(39)42)47(18-8-30-66(51,52)53)20-21-61-24-25-63-28-29-64-27-26-62-23-22-60-5;;/h6,10-11,13-16,32-34H,7-9,12,17-31H2,1-5H3,(H3-,49,50,51,52,53,54,55,56,57,58,59);;/q;2*+1/p-2. The Morgan fingerprint density at radius 2 is 1.37 bits per heavy atom. The number of methoxy groups -OCH3 is 1. The molecule has 2 heterocycles. The summed E-state index contributed by atoms with van der Waals surface area (Å²) < 4.78 is 141. The van der Waals surface area contributed by atoms with Gasteiger partial charge in [-0.05, 0) is 85.2 Å². The molecule has 0 saturated heterocycles. The van der Waals surface area contributed by atoms with Crippen LogP contribution >= 0.6 is 0 Å². The first-order chi connectivity index (χ1) is 31.9. The van der Waals surface area contributed by atoms with Gasteiger partial charge in [0.25, 0.3) is 0 Å². The molecule has 1 aromatic carbocycles. The average Bonchev–Trinajstić information content (AvgIpc) is 3.46. The van der Waals surface area contributed by atoms with E-state index in [1.54, 1.807) is 37.2 Å². The molecule has 1 aliphatic carbocycles. The number of fused-ring (bicyclic) bond motifs is 2. The van der Waals surface area contributed by atoms with Crippen LogP contribution in [-0.4, -0.2) is 148 Å². The fourth-order valence-corrected chi connectivity index (χ4v) is 9.35. The first-order valence-electron chi connectivity index (χ1n) is 22.2. The van der Waals surface area contributed by atoms with Gasteiger partial charge in [-0.15, -0.1) is 0 Å². The van der Waals surface area contributed by atoms with Crippen LogP contribution in [0.15, 0.2) is 69.6 Å². The Kier molecular flexibility index (Phi) is 27.2. The van der Waals surface area contributed by atoms with Gasteiger partial charge >= 0.3 is 65.1 Å². The van der Waals surface area contributed by atoms with Crippen molar-refractivity contribution in [2.24, 2.45) is 0 Å². The van der Waals surface area contributed by atoms with E-state index >= 15 is 0 Å². The van der Waals surface area contributed by atoms with Gasteiger partial charge in [0.05, 0.1) is 84.1 Å². The van der Waals surface area contributed by atoms with Crippen LogP contribution < -0.4 is 73.9 Å². The third-order valence-electron chi connectivity index (χ3n) is 11.2. The molecule has 4 rings (SSSR count). The second-order valence-corrected chi connectivity index (χ2v) is 21.9. The molecule has 70 heavy (non-hydrogen) atoms. The number of carbonyl (C=O) groups is 1. The van der Waals surface area contributed by atoms with E-state index in [0.29, 0.717) is 93.2 Å². The zero-order valence-corrected chi connectivity index (χ0v) is 47.8. The smallest absolute Gasteiger partial charge is 0.748 e. The van der Waals surface area contributed by atoms with Gasteiger partial charge in [-0.25, -0.2) is 29.8 Å². The van der Waals surface area contributed by atoms with Crippen molar-refractivity contribution >= 4 is 48.1 Å². The second kappa shape index (κ2) is 29.7. The molecule has 19 nitrogen and oxygen atoms in total. The number of rotatable bonds is 30. The van der Waals surface area contributed by atoms with Crippen LogP contribution in [-0.2, 0) is 69.7 Å². The maximum absolute atomic E-state index is 12.2. The van der Waals surface area contributed by atoms with Crippen molar-refractivity contribution in [1.82, 2.24) is 4.58 Å². The van der Waals surface area contributed by atoms with Gasteiger partial charge in [0, 0.05) is 66.4 Å². The maximum atomic E-state index is 12.2. The molecule has 0 bridgehead atoms. The zero-order valence-electron chi connectivity index (χ0n) is 41.3. The zero-order chi connectivity index (χ0) is 50.2. The van der Waals surface area contributed by atoms with Crippen molar-refractivity contribution in [1.29, 1.82) is 0 Å². The van der Waals surface area contributed by atoms with Gasteiger partial charge < -0.3 is 51.8 Å². The Hall–Kier alpha value is -2.07. The molecular formula is C46H64N2Na2O17S3. The van der Waals surface area contributed by atoms with E-state index < -0.39 is 58.1 Å². The minimum absolute atomic E-state index is 0. The number of hydrogen-bond acceptors (Lipinski definition) is 17. The molecule has 0 aromatic heterocycles. The Morgan fingerprint density at radius 1 is 0.786 bits per heavy atom. The number of hydrogen-bond donors (Lipinski definition) is 1. The molecule has 1 aromatic rings. The Bertz CT molecular complexity index is 2600. The van der Waals surface area contributed by atoms with E-state index in [1.165, 1.54) is 12.1 Å². The average molecular weight is 1060 g/mol. The van der Waals surface area contributed by atoms with Gasteiger partial charge in [-0.1, -0.05) is 26.8 Å². The van der Waals surface area contributed by atoms with Crippen molar-refractivity contribution in [3.05, 3.63) is 82.6 Å². The van der Waals surface area contributed by atoms with Crippen molar-refractivity contribution in [2.75, 3.05) is 103 Å². The minimum Gasteiger partial charge on any atom is -0.748 e. The summed E-state index contributed by atoms with van der Waals surface area (Å²) in [5.41, 5.74) is 1.76. The molecule has 24 heteroatoms. The first kappa shape index (κ1) is 64.0. The predicted molar refractivity (Wildman–Crippen MR) is 250 cm³/mol. The Morgan fingerprint density at radius 3 is 1.93 bits per heavy atom. The molecule has 0 saturated carbocycles. The van der Waals surface area contributed by atoms with Gasteiger partial charge in [0.15, 0.2) is 6.54 Å². The fraction of sp³-hybridized carbons (Fsp3) is 0.565. The van der Waals surface area contributed by atoms with Crippen molar-refractivity contribution < 1.29 is 136 Å². The fourth-order valence-electron chi connectivity index (χ4n) is 7.89. The molecule has 3 aliphatic rings. The molecule has 0 spiro atoms. The van der Waals surface area contributed by atoms with Gasteiger partial charge in [-0.3, -0.25) is 4.79 Å². The largest absolute Gasteiger partial charge is 1.00 e. The Labute approximate surface area is 456 Å². The molecule has 1 N–H and O–H groups in total. The molecule has 1 atom stereocenters. The maximum Gasteiger partial charge on any atom is 1.00 e. The van der Waals surface area contributed by atoms with Crippen LogP contribution in [0.2, 0.25) is 0 Å². The van der Waals surface area contributed by atoms with Crippen LogP contribution in [0.5, 0.6) is 0 Å². The third-order valence-corrected chi connectivity index (χ3v) is 13.6. The number of carboxylic acids is 1. The van der Waals surface area contributed by atoms with E-state index in [4.69, 9.17) is 28.1 Å². The number of carboxylic acid groups (broad SMARTS) is 1. The topological polar surface area (TPSA) is 274 Å². The van der Waals surface area contributed by atoms with Gasteiger partial charge in [0.2, 0.25) is 5.36 Å². The summed E-state index contributed by atoms with van der Waals surface area (Å²) in [6.45, 7) is 12.1. The molecule has 1 unspecified atom stereocenters. The molecule has 380 valence electrons. The summed E-state index contributed by atoms with van der Waals surface area (Å²) in [6.07, 6.45) is 5.32. The number of anilines is 1. The van der Waals surface area contributed by atoms with Gasteiger partial charge in [0.1, 0.15) is 34.8 Å². The second-order valence-electron chi connectivity index (χ2n) is 17.4. The van der Waals surface area contributed by atoms with E-state index in [9.17, 15) is 48.8 Å². The predicted octanol–water partition coefficient (Wildman–Crippen LogP) is -2.12. The van der Waals surface area contributed by atoms with E-state index in [-0.39, 0.29) is 116 Å².